The summed E-state index contributed by atoms with van der Waals surface area (Å²) in [5, 5.41) is 0. The molecule has 0 bridgehead atoms. The van der Waals surface area contributed by atoms with Crippen molar-refractivity contribution in [3.8, 4) is 0 Å². The summed E-state index contributed by atoms with van der Waals surface area (Å²) in [5.74, 6) is 3.28. The van der Waals surface area contributed by atoms with E-state index < -0.39 is 0 Å². The topological polar surface area (TPSA) is 36.9 Å². The van der Waals surface area contributed by atoms with E-state index >= 15 is 0 Å². The molecular weight excluding hydrogens is 328 g/mol. The van der Waals surface area contributed by atoms with Gasteiger partial charge in [0.05, 0.1) is 26.4 Å². The second-order valence-corrected chi connectivity index (χ2v) is 9.68. The molecule has 3 atom stereocenters. The normalized spacial score (nSPS) is 39.5. The van der Waals surface area contributed by atoms with Gasteiger partial charge in [0.15, 0.2) is 11.6 Å². The van der Waals surface area contributed by atoms with E-state index in [9.17, 15) is 0 Å². The predicted molar refractivity (Wildman–Crippen MR) is 98.6 cm³/mol. The van der Waals surface area contributed by atoms with E-state index in [1.54, 1.807) is 0 Å². The van der Waals surface area contributed by atoms with Gasteiger partial charge in [0.1, 0.15) is 0 Å². The van der Waals surface area contributed by atoms with Crippen LogP contribution in [0.25, 0.3) is 0 Å². The van der Waals surface area contributed by atoms with E-state index in [1.807, 2.05) is 0 Å². The van der Waals surface area contributed by atoms with Crippen molar-refractivity contribution in [2.75, 3.05) is 26.4 Å². The zero-order valence-corrected chi connectivity index (χ0v) is 16.3. The second-order valence-electron chi connectivity index (χ2n) is 9.68. The summed E-state index contributed by atoms with van der Waals surface area (Å²) in [6.45, 7) is 3.21. The third-order valence-corrected chi connectivity index (χ3v) is 8.19. The molecule has 5 fully saturated rings. The summed E-state index contributed by atoms with van der Waals surface area (Å²) >= 11 is 0. The quantitative estimate of drug-likeness (QED) is 0.730. The first-order valence-corrected chi connectivity index (χ1v) is 11.3. The van der Waals surface area contributed by atoms with Gasteiger partial charge in [-0.3, -0.25) is 0 Å². The Balaban J connectivity index is 1.06. The largest absolute Gasteiger partial charge is 0.348 e. The fourth-order valence-corrected chi connectivity index (χ4v) is 6.64. The maximum atomic E-state index is 5.98. The molecule has 148 valence electrons. The first kappa shape index (κ1) is 17.9. The Hall–Kier alpha value is -0.160. The van der Waals surface area contributed by atoms with Gasteiger partial charge >= 0.3 is 0 Å². The van der Waals surface area contributed by atoms with Gasteiger partial charge < -0.3 is 18.9 Å². The minimum Gasteiger partial charge on any atom is -0.348 e. The van der Waals surface area contributed by atoms with Crippen LogP contribution in [0.3, 0.4) is 0 Å². The predicted octanol–water partition coefficient (Wildman–Crippen LogP) is 4.66. The van der Waals surface area contributed by atoms with Crippen LogP contribution in [0.15, 0.2) is 0 Å². The molecule has 5 rings (SSSR count). The van der Waals surface area contributed by atoms with Crippen LogP contribution in [0.1, 0.15) is 77.0 Å². The lowest BCUT2D eigenvalue weighted by molar-refractivity contribution is -0.199. The Kier molecular flexibility index (Phi) is 5.06. The van der Waals surface area contributed by atoms with Gasteiger partial charge in [-0.2, -0.15) is 0 Å². The summed E-state index contributed by atoms with van der Waals surface area (Å²) in [5.41, 5.74) is 0. The van der Waals surface area contributed by atoms with E-state index in [-0.39, 0.29) is 11.6 Å². The van der Waals surface area contributed by atoms with Gasteiger partial charge in [-0.1, -0.05) is 19.3 Å². The van der Waals surface area contributed by atoms with Crippen molar-refractivity contribution in [3.05, 3.63) is 0 Å². The van der Waals surface area contributed by atoms with Gasteiger partial charge in [-0.25, -0.2) is 0 Å². The Morgan fingerprint density at radius 2 is 1.19 bits per heavy atom. The van der Waals surface area contributed by atoms with Gasteiger partial charge in [-0.15, -0.1) is 0 Å². The highest BCUT2D eigenvalue weighted by atomic mass is 16.7. The molecular formula is C22H36O4. The minimum atomic E-state index is -0.184. The maximum Gasteiger partial charge on any atom is 0.168 e. The minimum absolute atomic E-state index is 0.184. The highest BCUT2D eigenvalue weighted by molar-refractivity contribution is 4.92. The number of ether oxygens (including phenoxy) is 4. The third-order valence-electron chi connectivity index (χ3n) is 8.19. The van der Waals surface area contributed by atoms with E-state index in [1.165, 1.54) is 51.4 Å². The lowest BCUT2D eigenvalue weighted by atomic mass is 9.65. The fraction of sp³-hybridized carbons (Fsp3) is 1.00. The van der Waals surface area contributed by atoms with Crippen LogP contribution in [-0.4, -0.2) is 38.0 Å². The Labute approximate surface area is 158 Å². The summed E-state index contributed by atoms with van der Waals surface area (Å²) < 4.78 is 23.7. The SMILES string of the molecule is C1COC2(CCC(CCC3CCC4CC5(CCC4C3)OCCO5)CC2)O1. The van der Waals surface area contributed by atoms with Crippen molar-refractivity contribution >= 4 is 0 Å². The summed E-state index contributed by atoms with van der Waals surface area (Å²) in [6.07, 6.45) is 15.6. The number of hydrogen-bond acceptors (Lipinski definition) is 4. The van der Waals surface area contributed by atoms with Crippen molar-refractivity contribution in [1.29, 1.82) is 0 Å². The van der Waals surface area contributed by atoms with E-state index in [0.29, 0.717) is 0 Å². The smallest absolute Gasteiger partial charge is 0.168 e. The zero-order chi connectivity index (χ0) is 17.5. The van der Waals surface area contributed by atoms with Gasteiger partial charge in [-0.05, 0) is 55.8 Å². The second kappa shape index (κ2) is 7.35. The van der Waals surface area contributed by atoms with Crippen molar-refractivity contribution in [2.24, 2.45) is 23.7 Å². The molecule has 0 amide bonds. The van der Waals surface area contributed by atoms with Gasteiger partial charge in [0.2, 0.25) is 0 Å². The summed E-state index contributed by atoms with van der Waals surface area (Å²) in [6, 6.07) is 0. The van der Waals surface area contributed by atoms with Gasteiger partial charge in [0, 0.05) is 25.7 Å². The Bertz CT molecular complexity index is 471. The molecule has 0 radical (unpaired) electrons. The fourth-order valence-electron chi connectivity index (χ4n) is 6.64. The van der Waals surface area contributed by atoms with Gasteiger partial charge in [0.25, 0.3) is 0 Å². The van der Waals surface area contributed by atoms with Crippen LogP contribution in [0.4, 0.5) is 0 Å². The number of rotatable bonds is 3. The van der Waals surface area contributed by atoms with E-state index in [0.717, 1.165) is 75.8 Å². The first-order valence-electron chi connectivity index (χ1n) is 11.3. The maximum absolute atomic E-state index is 5.98. The molecule has 3 unspecified atom stereocenters. The van der Waals surface area contributed by atoms with Crippen LogP contribution in [0, 0.1) is 23.7 Å². The molecule has 2 saturated heterocycles. The van der Waals surface area contributed by atoms with E-state index in [2.05, 4.69) is 0 Å². The standard InChI is InChI=1S/C22H36O4/c1(17-5-8-21(9-6-17)23-11-12-24-21)2-18-3-4-20-16-22(25-13-14-26-22)10-7-19(20)15-18/h17-20H,1-16H2. The molecule has 3 saturated carbocycles. The van der Waals surface area contributed by atoms with Crippen molar-refractivity contribution in [2.45, 2.75) is 88.6 Å². The van der Waals surface area contributed by atoms with Crippen molar-refractivity contribution in [3.63, 3.8) is 0 Å². The Morgan fingerprint density at radius 3 is 1.92 bits per heavy atom. The van der Waals surface area contributed by atoms with Crippen molar-refractivity contribution < 1.29 is 18.9 Å². The summed E-state index contributed by atoms with van der Waals surface area (Å²) in [7, 11) is 0. The van der Waals surface area contributed by atoms with Crippen LogP contribution < -0.4 is 0 Å². The van der Waals surface area contributed by atoms with Crippen LogP contribution >= 0.6 is 0 Å². The summed E-state index contributed by atoms with van der Waals surface area (Å²) in [4.78, 5) is 0. The molecule has 0 N–H and O–H groups in total. The molecule has 0 aromatic carbocycles. The number of hydrogen-bond donors (Lipinski definition) is 0. The monoisotopic (exact) mass is 364 g/mol. The van der Waals surface area contributed by atoms with E-state index in [4.69, 9.17) is 18.9 Å². The molecule has 3 aliphatic carbocycles. The molecule has 26 heavy (non-hydrogen) atoms. The molecule has 2 spiro atoms. The van der Waals surface area contributed by atoms with Crippen LogP contribution in [0.5, 0.6) is 0 Å². The van der Waals surface area contributed by atoms with Crippen LogP contribution in [0.2, 0.25) is 0 Å². The lowest BCUT2D eigenvalue weighted by Gasteiger charge is -2.45. The molecule has 5 aliphatic rings. The molecule has 4 heteroatoms. The molecule has 2 aliphatic heterocycles. The van der Waals surface area contributed by atoms with Crippen molar-refractivity contribution in [1.82, 2.24) is 0 Å². The van der Waals surface area contributed by atoms with Crippen LogP contribution in [-0.2, 0) is 18.9 Å². The average molecular weight is 365 g/mol. The number of fused-ring (bicyclic) bond motifs is 1. The Morgan fingerprint density at radius 1 is 0.577 bits per heavy atom. The average Bonchev–Trinajstić information content (AvgIpc) is 3.32. The molecule has 0 aromatic heterocycles. The zero-order valence-electron chi connectivity index (χ0n) is 16.3. The first-order chi connectivity index (χ1) is 12.7. The highest BCUT2D eigenvalue weighted by Gasteiger charge is 2.46. The third kappa shape index (κ3) is 3.59. The molecule has 4 nitrogen and oxygen atoms in total. The lowest BCUT2D eigenvalue weighted by Crippen LogP contribution is -2.42. The molecule has 0 aromatic rings. The molecule has 2 heterocycles. The highest BCUT2D eigenvalue weighted by Crippen LogP contribution is 2.50.